The smallest absolute Gasteiger partial charge is 0.0184 e. The molecule has 0 fully saturated rings. The summed E-state index contributed by atoms with van der Waals surface area (Å²) in [6.07, 6.45) is 3.90. The molecule has 0 heterocycles. The van der Waals surface area contributed by atoms with Gasteiger partial charge in [-0.25, -0.2) is 0 Å². The molecule has 0 nitrogen and oxygen atoms in total. The summed E-state index contributed by atoms with van der Waals surface area (Å²) in [5, 5.41) is 0. The molecule has 1 aromatic carbocycles. The van der Waals surface area contributed by atoms with Crippen molar-refractivity contribution in [1.29, 1.82) is 0 Å². The van der Waals surface area contributed by atoms with Crippen LogP contribution in [0.4, 0.5) is 0 Å². The molecule has 1 rings (SSSR count). The Bertz CT molecular complexity index is 441. The molecule has 0 heteroatoms. The average molecular weight is 210 g/mol. The predicted molar refractivity (Wildman–Crippen MR) is 73.3 cm³/mol. The largest absolute Gasteiger partial charge is 0.0961 e. The third-order valence-corrected chi connectivity index (χ3v) is 2.36. The van der Waals surface area contributed by atoms with E-state index < -0.39 is 0 Å². The first-order valence-electron chi connectivity index (χ1n) is 5.29. The second-order valence-electron chi connectivity index (χ2n) is 4.05. The summed E-state index contributed by atoms with van der Waals surface area (Å²) in [5.41, 5.74) is 5.25. The number of allylic oxidation sites excluding steroid dienone is 5. The topological polar surface area (TPSA) is 0 Å². The first kappa shape index (κ1) is 12.3. The monoisotopic (exact) mass is 210 g/mol. The lowest BCUT2D eigenvalue weighted by Gasteiger charge is -2.06. The van der Waals surface area contributed by atoms with Gasteiger partial charge in [-0.2, -0.15) is 0 Å². The maximum Gasteiger partial charge on any atom is -0.0184 e. The molecule has 16 heavy (non-hydrogen) atoms. The van der Waals surface area contributed by atoms with Crippen molar-refractivity contribution in [3.8, 4) is 0 Å². The number of hydrogen-bond donors (Lipinski definition) is 0. The number of aryl methyl sites for hydroxylation is 1. The molecular weight excluding hydrogens is 192 g/mol. The Kier molecular flexibility index (Phi) is 4.07. The first-order valence-corrected chi connectivity index (χ1v) is 5.29. The molecule has 0 spiro atoms. The Hall–Kier alpha value is -1.82. The third kappa shape index (κ3) is 3.39. The van der Waals surface area contributed by atoms with Gasteiger partial charge in [0.2, 0.25) is 0 Å². The van der Waals surface area contributed by atoms with Crippen LogP contribution >= 0.6 is 0 Å². The summed E-state index contributed by atoms with van der Waals surface area (Å²) in [5.74, 6) is 0. The minimum Gasteiger partial charge on any atom is -0.0961 e. The lowest BCUT2D eigenvalue weighted by atomic mass is 9.99. The fraction of sp³-hybridized carbons (Fsp3) is 0.125. The fourth-order valence-corrected chi connectivity index (χ4v) is 1.28. The first-order chi connectivity index (χ1) is 7.50. The molecule has 0 aromatic heterocycles. The van der Waals surface area contributed by atoms with Gasteiger partial charge in [0, 0.05) is 0 Å². The van der Waals surface area contributed by atoms with Crippen LogP contribution in [0.1, 0.15) is 18.1 Å². The molecule has 0 aliphatic carbocycles. The molecule has 0 unspecified atom stereocenters. The number of rotatable bonds is 4. The molecule has 0 saturated heterocycles. The minimum absolute atomic E-state index is 0.923. The van der Waals surface area contributed by atoms with Gasteiger partial charge < -0.3 is 0 Å². The summed E-state index contributed by atoms with van der Waals surface area (Å²) < 4.78 is 0. The van der Waals surface area contributed by atoms with Crippen LogP contribution in [-0.4, -0.2) is 0 Å². The zero-order valence-electron chi connectivity index (χ0n) is 10.1. The molecule has 0 aliphatic heterocycles. The van der Waals surface area contributed by atoms with Gasteiger partial charge in [0.25, 0.3) is 0 Å². The summed E-state index contributed by atoms with van der Waals surface area (Å²) >= 11 is 0. The number of hydrogen-bond acceptors (Lipinski definition) is 0. The van der Waals surface area contributed by atoms with Crippen molar-refractivity contribution >= 4 is 5.57 Å². The summed E-state index contributed by atoms with van der Waals surface area (Å²) in [6.45, 7) is 15.9. The van der Waals surface area contributed by atoms with Crippen molar-refractivity contribution in [2.45, 2.75) is 13.8 Å². The van der Waals surface area contributed by atoms with Crippen LogP contribution in [0, 0.1) is 6.92 Å². The summed E-state index contributed by atoms with van der Waals surface area (Å²) in [4.78, 5) is 0. The van der Waals surface area contributed by atoms with Gasteiger partial charge in [-0.15, -0.1) is 0 Å². The van der Waals surface area contributed by atoms with E-state index in [-0.39, 0.29) is 0 Å². The lowest BCUT2D eigenvalue weighted by molar-refractivity contribution is 1.45. The molecule has 0 N–H and O–H groups in total. The van der Waals surface area contributed by atoms with Crippen LogP contribution in [0.3, 0.4) is 0 Å². The van der Waals surface area contributed by atoms with Crippen LogP contribution in [0.5, 0.6) is 0 Å². The van der Waals surface area contributed by atoms with Crippen LogP contribution < -0.4 is 0 Å². The Morgan fingerprint density at radius 2 is 1.56 bits per heavy atom. The van der Waals surface area contributed by atoms with Crippen LogP contribution in [0.25, 0.3) is 5.57 Å². The molecule has 0 radical (unpaired) electrons. The Morgan fingerprint density at radius 1 is 1.00 bits per heavy atom. The van der Waals surface area contributed by atoms with E-state index in [4.69, 9.17) is 0 Å². The summed E-state index contributed by atoms with van der Waals surface area (Å²) in [6, 6.07) is 8.29. The molecule has 82 valence electrons. The molecule has 0 saturated carbocycles. The maximum absolute atomic E-state index is 4.05. The normalized spacial score (nSPS) is 10.4. The van der Waals surface area contributed by atoms with E-state index in [1.807, 2.05) is 19.1 Å². The van der Waals surface area contributed by atoms with Crippen LogP contribution in [-0.2, 0) is 0 Å². The minimum atomic E-state index is 0.923. The Morgan fingerprint density at radius 3 is 2.06 bits per heavy atom. The van der Waals surface area contributed by atoms with E-state index in [0.717, 1.165) is 22.3 Å². The van der Waals surface area contributed by atoms with Crippen LogP contribution in [0.15, 0.2) is 67.3 Å². The van der Waals surface area contributed by atoms with Gasteiger partial charge in [0.1, 0.15) is 0 Å². The van der Waals surface area contributed by atoms with Gasteiger partial charge in [-0.3, -0.25) is 0 Å². The molecule has 1 aromatic rings. The van der Waals surface area contributed by atoms with Gasteiger partial charge in [0.05, 0.1) is 0 Å². The molecule has 0 bridgehead atoms. The lowest BCUT2D eigenvalue weighted by Crippen LogP contribution is -1.85. The van der Waals surface area contributed by atoms with E-state index in [1.54, 1.807) is 0 Å². The average Bonchev–Trinajstić information content (AvgIpc) is 2.26. The van der Waals surface area contributed by atoms with Crippen molar-refractivity contribution < 1.29 is 0 Å². The standard InChI is InChI=1S/C16H18/c1-12(2)6-9-14(4)15(5)16-10-7-13(3)8-11-16/h6-11H,1,4-5H2,2-3H3/b9-6-. The second-order valence-corrected chi connectivity index (χ2v) is 4.05. The van der Waals surface area contributed by atoms with Crippen LogP contribution in [0.2, 0.25) is 0 Å². The highest BCUT2D eigenvalue weighted by Crippen LogP contribution is 2.21. The molecule has 0 atom stereocenters. The van der Waals surface area contributed by atoms with Crippen molar-refractivity contribution in [2.24, 2.45) is 0 Å². The van der Waals surface area contributed by atoms with E-state index in [9.17, 15) is 0 Å². The van der Waals surface area contributed by atoms with E-state index in [2.05, 4.69) is 50.9 Å². The van der Waals surface area contributed by atoms with Gasteiger partial charge in [0.15, 0.2) is 0 Å². The Labute approximate surface area is 98.3 Å². The zero-order valence-corrected chi connectivity index (χ0v) is 10.1. The number of benzene rings is 1. The van der Waals surface area contributed by atoms with E-state index in [0.29, 0.717) is 0 Å². The van der Waals surface area contributed by atoms with Gasteiger partial charge in [-0.1, -0.05) is 67.3 Å². The SMILES string of the molecule is C=C(C)/C=C\C(=C)C(=C)c1ccc(C)cc1. The predicted octanol–water partition coefficient (Wildman–Crippen LogP) is 4.70. The highest BCUT2D eigenvalue weighted by Gasteiger charge is 1.99. The second kappa shape index (κ2) is 5.32. The molecule has 0 amide bonds. The Balaban J connectivity index is 2.82. The fourth-order valence-electron chi connectivity index (χ4n) is 1.28. The zero-order chi connectivity index (χ0) is 12.1. The van der Waals surface area contributed by atoms with Crippen molar-refractivity contribution in [2.75, 3.05) is 0 Å². The van der Waals surface area contributed by atoms with Crippen molar-refractivity contribution in [3.05, 3.63) is 78.4 Å². The van der Waals surface area contributed by atoms with Gasteiger partial charge in [-0.05, 0) is 30.6 Å². The van der Waals surface area contributed by atoms with Gasteiger partial charge >= 0.3 is 0 Å². The molecule has 0 aliphatic rings. The third-order valence-electron chi connectivity index (χ3n) is 2.36. The summed E-state index contributed by atoms with van der Waals surface area (Å²) in [7, 11) is 0. The quantitative estimate of drug-likeness (QED) is 0.632. The van der Waals surface area contributed by atoms with Crippen molar-refractivity contribution in [3.63, 3.8) is 0 Å². The van der Waals surface area contributed by atoms with Crippen molar-refractivity contribution in [1.82, 2.24) is 0 Å². The van der Waals surface area contributed by atoms with E-state index in [1.165, 1.54) is 5.56 Å². The van der Waals surface area contributed by atoms with E-state index >= 15 is 0 Å². The highest BCUT2D eigenvalue weighted by atomic mass is 14.0. The highest BCUT2D eigenvalue weighted by molar-refractivity contribution is 5.79. The molecular formula is C16H18. The maximum atomic E-state index is 4.05.